The van der Waals surface area contributed by atoms with Crippen LogP contribution in [0.15, 0.2) is 0 Å². The molecule has 1 saturated heterocycles. The molecule has 2 atom stereocenters. The van der Waals surface area contributed by atoms with Crippen molar-refractivity contribution in [1.82, 2.24) is 14.8 Å². The van der Waals surface area contributed by atoms with E-state index in [1.165, 1.54) is 25.7 Å². The summed E-state index contributed by atoms with van der Waals surface area (Å²) in [7, 11) is 0. The van der Waals surface area contributed by atoms with Crippen LogP contribution in [-0.2, 0) is 11.3 Å². The summed E-state index contributed by atoms with van der Waals surface area (Å²) < 4.78 is 8.79. The summed E-state index contributed by atoms with van der Waals surface area (Å²) in [5.74, 6) is 1.01. The quantitative estimate of drug-likeness (QED) is 0.865. The Morgan fingerprint density at radius 3 is 3.11 bits per heavy atom. The first-order valence-electron chi connectivity index (χ1n) is 7.34. The molecule has 1 aromatic heterocycles. The molecule has 1 aliphatic heterocycles. The van der Waals surface area contributed by atoms with E-state index in [4.69, 9.17) is 17.0 Å². The Hall–Kier alpha value is -0.880. The van der Waals surface area contributed by atoms with Crippen molar-refractivity contribution in [2.24, 2.45) is 0 Å². The number of aromatic amines is 1. The zero-order chi connectivity index (χ0) is 13.2. The third-order valence-electron chi connectivity index (χ3n) is 4.17. The molecule has 0 bridgehead atoms. The van der Waals surface area contributed by atoms with Crippen LogP contribution < -0.4 is 4.90 Å². The second-order valence-corrected chi connectivity index (χ2v) is 5.82. The van der Waals surface area contributed by atoms with Crippen molar-refractivity contribution in [3.63, 3.8) is 0 Å². The molecular formula is C13H22N4OS. The summed E-state index contributed by atoms with van der Waals surface area (Å²) in [6, 6.07) is 0.475. The maximum atomic E-state index is 5.93. The highest BCUT2D eigenvalue weighted by molar-refractivity contribution is 7.71. The van der Waals surface area contributed by atoms with Crippen LogP contribution in [0.4, 0.5) is 5.95 Å². The third-order valence-corrected chi connectivity index (χ3v) is 4.49. The third kappa shape index (κ3) is 2.43. The number of morpholine rings is 1. The summed E-state index contributed by atoms with van der Waals surface area (Å²) in [4.78, 5) is 2.41. The topological polar surface area (TPSA) is 46.1 Å². The maximum Gasteiger partial charge on any atom is 0.226 e. The molecule has 1 aliphatic carbocycles. The molecule has 2 unspecified atom stereocenters. The predicted octanol–water partition coefficient (Wildman–Crippen LogP) is 2.50. The van der Waals surface area contributed by atoms with E-state index in [2.05, 4.69) is 26.6 Å². The van der Waals surface area contributed by atoms with E-state index in [9.17, 15) is 0 Å². The Labute approximate surface area is 118 Å². The molecule has 0 spiro atoms. The van der Waals surface area contributed by atoms with Gasteiger partial charge in [0.2, 0.25) is 5.95 Å². The van der Waals surface area contributed by atoms with E-state index in [-0.39, 0.29) is 0 Å². The van der Waals surface area contributed by atoms with Gasteiger partial charge in [-0.2, -0.15) is 0 Å². The number of nitrogens with zero attached hydrogens (tertiary/aromatic N) is 3. The Bertz CT molecular complexity index is 481. The lowest BCUT2D eigenvalue weighted by Crippen LogP contribution is -2.53. The van der Waals surface area contributed by atoms with Crippen LogP contribution in [-0.4, -0.2) is 40.1 Å². The normalized spacial score (nSPS) is 27.3. The van der Waals surface area contributed by atoms with Gasteiger partial charge in [0.25, 0.3) is 0 Å². The SMILES string of the molecule is CCCn1c(N2CCOC3CCCCC32)n[nH]c1=S. The summed E-state index contributed by atoms with van der Waals surface area (Å²) in [5.41, 5.74) is 0. The minimum Gasteiger partial charge on any atom is -0.374 e. The van der Waals surface area contributed by atoms with Gasteiger partial charge in [-0.25, -0.2) is 5.10 Å². The standard InChI is InChI=1S/C13H22N4OS/c1-2-7-17-12(14-15-13(17)19)16-8-9-18-11-6-4-3-5-10(11)16/h10-11H,2-9H2,1H3,(H,15,19). The smallest absolute Gasteiger partial charge is 0.226 e. The summed E-state index contributed by atoms with van der Waals surface area (Å²) >= 11 is 5.34. The molecule has 3 rings (SSSR count). The lowest BCUT2D eigenvalue weighted by Gasteiger charge is -2.44. The van der Waals surface area contributed by atoms with Crippen molar-refractivity contribution in [2.45, 2.75) is 57.7 Å². The summed E-state index contributed by atoms with van der Waals surface area (Å²) in [6.07, 6.45) is 6.41. The fourth-order valence-electron chi connectivity index (χ4n) is 3.30. The van der Waals surface area contributed by atoms with Crippen LogP contribution in [0, 0.1) is 4.77 Å². The first-order valence-corrected chi connectivity index (χ1v) is 7.75. The fourth-order valence-corrected chi connectivity index (χ4v) is 3.52. The number of fused-ring (bicyclic) bond motifs is 1. The first kappa shape index (κ1) is 13.1. The van der Waals surface area contributed by atoms with Gasteiger partial charge in [-0.3, -0.25) is 4.57 Å². The molecule has 1 saturated carbocycles. The van der Waals surface area contributed by atoms with Gasteiger partial charge < -0.3 is 9.64 Å². The summed E-state index contributed by atoms with van der Waals surface area (Å²) in [6.45, 7) is 4.82. The van der Waals surface area contributed by atoms with E-state index in [1.807, 2.05) is 0 Å². The maximum absolute atomic E-state index is 5.93. The molecule has 2 fully saturated rings. The van der Waals surface area contributed by atoms with Crippen LogP contribution in [0.25, 0.3) is 0 Å². The largest absolute Gasteiger partial charge is 0.374 e. The molecule has 2 heterocycles. The van der Waals surface area contributed by atoms with Crippen LogP contribution in [0.2, 0.25) is 0 Å². The van der Waals surface area contributed by atoms with Crippen molar-refractivity contribution >= 4 is 18.2 Å². The lowest BCUT2D eigenvalue weighted by molar-refractivity contribution is -0.00958. The van der Waals surface area contributed by atoms with Gasteiger partial charge in [-0.1, -0.05) is 19.8 Å². The molecule has 0 radical (unpaired) electrons. The predicted molar refractivity (Wildman–Crippen MR) is 77.0 cm³/mol. The van der Waals surface area contributed by atoms with E-state index < -0.39 is 0 Å². The van der Waals surface area contributed by atoms with Gasteiger partial charge in [0.15, 0.2) is 4.77 Å². The molecule has 0 amide bonds. The number of nitrogens with one attached hydrogen (secondary N) is 1. The van der Waals surface area contributed by atoms with Crippen LogP contribution in [0.5, 0.6) is 0 Å². The summed E-state index contributed by atoms with van der Waals surface area (Å²) in [5, 5.41) is 7.41. The van der Waals surface area contributed by atoms with E-state index in [0.29, 0.717) is 12.1 Å². The van der Waals surface area contributed by atoms with Gasteiger partial charge >= 0.3 is 0 Å². The van der Waals surface area contributed by atoms with Crippen molar-refractivity contribution < 1.29 is 4.74 Å². The highest BCUT2D eigenvalue weighted by Crippen LogP contribution is 2.31. The van der Waals surface area contributed by atoms with Crippen LogP contribution in [0.3, 0.4) is 0 Å². The zero-order valence-electron chi connectivity index (χ0n) is 11.5. The minimum atomic E-state index is 0.378. The number of hydrogen-bond acceptors (Lipinski definition) is 4. The lowest BCUT2D eigenvalue weighted by atomic mass is 9.90. The van der Waals surface area contributed by atoms with E-state index >= 15 is 0 Å². The van der Waals surface area contributed by atoms with Gasteiger partial charge in [0.1, 0.15) is 0 Å². The van der Waals surface area contributed by atoms with Gasteiger partial charge in [0, 0.05) is 13.1 Å². The first-order chi connectivity index (χ1) is 9.31. The molecule has 19 heavy (non-hydrogen) atoms. The monoisotopic (exact) mass is 282 g/mol. The van der Waals surface area contributed by atoms with Crippen LogP contribution >= 0.6 is 12.2 Å². The molecule has 5 nitrogen and oxygen atoms in total. The number of ether oxygens (including phenoxy) is 1. The second-order valence-electron chi connectivity index (χ2n) is 5.43. The number of H-pyrrole nitrogens is 1. The fraction of sp³-hybridized carbons (Fsp3) is 0.846. The number of hydrogen-bond donors (Lipinski definition) is 1. The molecule has 106 valence electrons. The highest BCUT2D eigenvalue weighted by Gasteiger charge is 2.36. The average molecular weight is 282 g/mol. The van der Waals surface area contributed by atoms with Gasteiger partial charge in [-0.15, -0.1) is 5.10 Å². The molecule has 1 aromatic rings. The molecular weight excluding hydrogens is 260 g/mol. The second kappa shape index (κ2) is 5.63. The van der Waals surface area contributed by atoms with Gasteiger partial charge in [0.05, 0.1) is 18.8 Å². The van der Waals surface area contributed by atoms with Crippen molar-refractivity contribution in [3.05, 3.63) is 4.77 Å². The Morgan fingerprint density at radius 2 is 2.26 bits per heavy atom. The van der Waals surface area contributed by atoms with Crippen LogP contribution in [0.1, 0.15) is 39.0 Å². The number of aromatic nitrogens is 3. The average Bonchev–Trinajstić information content (AvgIpc) is 2.80. The minimum absolute atomic E-state index is 0.378. The van der Waals surface area contributed by atoms with Crippen molar-refractivity contribution in [3.8, 4) is 0 Å². The van der Waals surface area contributed by atoms with Gasteiger partial charge in [-0.05, 0) is 31.5 Å². The highest BCUT2D eigenvalue weighted by atomic mass is 32.1. The number of rotatable bonds is 3. The molecule has 1 N–H and O–H groups in total. The number of anilines is 1. The van der Waals surface area contributed by atoms with E-state index in [0.717, 1.165) is 36.8 Å². The van der Waals surface area contributed by atoms with Crippen molar-refractivity contribution in [1.29, 1.82) is 0 Å². The Balaban J connectivity index is 1.89. The molecule has 2 aliphatic rings. The Kier molecular flexibility index (Phi) is 3.88. The Morgan fingerprint density at radius 1 is 1.42 bits per heavy atom. The molecule has 0 aromatic carbocycles. The zero-order valence-corrected chi connectivity index (χ0v) is 12.3. The van der Waals surface area contributed by atoms with E-state index in [1.54, 1.807) is 0 Å². The molecule has 6 heteroatoms. The van der Waals surface area contributed by atoms with Crippen molar-refractivity contribution in [2.75, 3.05) is 18.1 Å².